The van der Waals surface area contributed by atoms with Crippen LogP contribution in [-0.4, -0.2) is 70.1 Å². The number of aromatic nitrogens is 3. The van der Waals surface area contributed by atoms with Crippen molar-refractivity contribution in [2.45, 2.75) is 84.0 Å². The minimum Gasteiger partial charge on any atom is -0.377 e. The van der Waals surface area contributed by atoms with E-state index in [1.165, 1.54) is 25.7 Å². The molecule has 2 heterocycles. The van der Waals surface area contributed by atoms with Crippen molar-refractivity contribution in [1.29, 1.82) is 0 Å². The molecule has 0 atom stereocenters. The first kappa shape index (κ1) is 22.0. The number of hydrogen-bond acceptors (Lipinski definition) is 5. The van der Waals surface area contributed by atoms with E-state index in [-0.39, 0.29) is 0 Å². The molecule has 2 aliphatic rings. The van der Waals surface area contributed by atoms with Gasteiger partial charge in [0.1, 0.15) is 12.4 Å². The van der Waals surface area contributed by atoms with Crippen LogP contribution in [-0.2, 0) is 18.3 Å². The number of piperidine rings is 1. The predicted octanol–water partition coefficient (Wildman–Crippen LogP) is 1.99. The van der Waals surface area contributed by atoms with Gasteiger partial charge in [-0.1, -0.05) is 12.8 Å². The average Bonchev–Trinajstić information content (AvgIpc) is 3.32. The van der Waals surface area contributed by atoms with Crippen molar-refractivity contribution < 1.29 is 4.74 Å². The average molecular weight is 406 g/mol. The molecule has 8 nitrogen and oxygen atoms in total. The Labute approximate surface area is 175 Å². The number of ether oxygens (including phenoxy) is 1. The number of guanidine groups is 1. The third-order valence-electron chi connectivity index (χ3n) is 6.04. The van der Waals surface area contributed by atoms with Crippen LogP contribution in [0.5, 0.6) is 0 Å². The van der Waals surface area contributed by atoms with Gasteiger partial charge in [0.15, 0.2) is 11.8 Å². The molecule has 1 aliphatic heterocycles. The van der Waals surface area contributed by atoms with Crippen LogP contribution in [0.1, 0.15) is 64.0 Å². The van der Waals surface area contributed by atoms with E-state index in [4.69, 9.17) is 9.73 Å². The van der Waals surface area contributed by atoms with Crippen molar-refractivity contribution in [3.05, 3.63) is 11.6 Å². The van der Waals surface area contributed by atoms with Crippen molar-refractivity contribution in [2.75, 3.05) is 26.2 Å². The molecular formula is C21H39N7O. The van der Waals surface area contributed by atoms with Gasteiger partial charge < -0.3 is 24.8 Å². The summed E-state index contributed by atoms with van der Waals surface area (Å²) in [7, 11) is 2.00. The van der Waals surface area contributed by atoms with Gasteiger partial charge in [-0.3, -0.25) is 0 Å². The fourth-order valence-corrected chi connectivity index (χ4v) is 4.05. The molecule has 2 N–H and O–H groups in total. The highest BCUT2D eigenvalue weighted by Gasteiger charge is 2.22. The van der Waals surface area contributed by atoms with Crippen LogP contribution in [0.4, 0.5) is 0 Å². The topological polar surface area (TPSA) is 79.6 Å². The second-order valence-corrected chi connectivity index (χ2v) is 8.69. The number of aryl methyl sites for hydroxylation is 1. The highest BCUT2D eigenvalue weighted by atomic mass is 16.5. The van der Waals surface area contributed by atoms with Crippen LogP contribution >= 0.6 is 0 Å². The van der Waals surface area contributed by atoms with Gasteiger partial charge in [-0.25, -0.2) is 4.99 Å². The molecule has 2 fully saturated rings. The second kappa shape index (κ2) is 10.9. The molecule has 29 heavy (non-hydrogen) atoms. The quantitative estimate of drug-likeness (QED) is 0.509. The van der Waals surface area contributed by atoms with Gasteiger partial charge in [0, 0.05) is 38.8 Å². The van der Waals surface area contributed by atoms with Gasteiger partial charge in [-0.2, -0.15) is 0 Å². The molecule has 0 radical (unpaired) electrons. The molecule has 0 aromatic carbocycles. The van der Waals surface area contributed by atoms with Crippen molar-refractivity contribution in [1.82, 2.24) is 30.3 Å². The summed E-state index contributed by atoms with van der Waals surface area (Å²) in [6, 6.07) is 1.00. The van der Waals surface area contributed by atoms with Crippen LogP contribution in [0.2, 0.25) is 0 Å². The molecular weight excluding hydrogens is 366 g/mol. The Morgan fingerprint density at radius 2 is 1.76 bits per heavy atom. The van der Waals surface area contributed by atoms with E-state index in [0.717, 1.165) is 56.7 Å². The first-order valence-electron chi connectivity index (χ1n) is 11.3. The smallest absolute Gasteiger partial charge is 0.192 e. The number of aliphatic imine (C=N–C) groups is 1. The molecule has 1 saturated carbocycles. The normalized spacial score (nSPS) is 20.0. The standard InChI is InChI=1S/C21H39N7O/c1-16(2)29-14-13-28-11-9-19(10-12-28)24-21(23-18-7-5-6-8-18)22-15-20-26-25-17(3)27(20)4/h16,18-19H,5-15H2,1-4H3,(H2,22,23,24). The van der Waals surface area contributed by atoms with E-state index in [0.29, 0.717) is 24.7 Å². The van der Waals surface area contributed by atoms with Crippen LogP contribution < -0.4 is 10.6 Å². The molecule has 0 bridgehead atoms. The largest absolute Gasteiger partial charge is 0.377 e. The maximum absolute atomic E-state index is 5.70. The summed E-state index contributed by atoms with van der Waals surface area (Å²) < 4.78 is 7.70. The SMILES string of the molecule is Cc1nnc(CN=C(NC2CCCC2)NC2CCN(CCOC(C)C)CC2)n1C. The first-order chi connectivity index (χ1) is 14.0. The Balaban J connectivity index is 1.51. The Bertz CT molecular complexity index is 643. The molecule has 164 valence electrons. The Hall–Kier alpha value is -1.67. The molecule has 3 rings (SSSR count). The number of likely N-dealkylation sites (tertiary alicyclic amines) is 1. The summed E-state index contributed by atoms with van der Waals surface area (Å²) in [6.45, 7) is 10.8. The summed E-state index contributed by atoms with van der Waals surface area (Å²) >= 11 is 0. The lowest BCUT2D eigenvalue weighted by Gasteiger charge is -2.33. The molecule has 0 amide bonds. The van der Waals surface area contributed by atoms with E-state index in [1.807, 2.05) is 18.5 Å². The summed E-state index contributed by atoms with van der Waals surface area (Å²) in [5.41, 5.74) is 0. The number of nitrogens with zero attached hydrogens (tertiary/aromatic N) is 5. The summed E-state index contributed by atoms with van der Waals surface area (Å²) in [5.74, 6) is 2.75. The Kier molecular flexibility index (Phi) is 8.29. The minimum absolute atomic E-state index is 0.312. The summed E-state index contributed by atoms with van der Waals surface area (Å²) in [4.78, 5) is 7.36. The molecule has 1 aromatic heterocycles. The molecule has 1 aromatic rings. The molecule has 8 heteroatoms. The zero-order valence-corrected chi connectivity index (χ0v) is 18.7. The maximum Gasteiger partial charge on any atom is 0.192 e. The van der Waals surface area contributed by atoms with Gasteiger partial charge in [0.25, 0.3) is 0 Å². The van der Waals surface area contributed by atoms with Gasteiger partial charge in [-0.15, -0.1) is 10.2 Å². The van der Waals surface area contributed by atoms with Crippen LogP contribution in [0.15, 0.2) is 4.99 Å². The molecule has 0 spiro atoms. The maximum atomic E-state index is 5.70. The lowest BCUT2D eigenvalue weighted by molar-refractivity contribution is 0.0532. The summed E-state index contributed by atoms with van der Waals surface area (Å²) in [6.07, 6.45) is 7.67. The predicted molar refractivity (Wildman–Crippen MR) is 116 cm³/mol. The highest BCUT2D eigenvalue weighted by molar-refractivity contribution is 5.80. The third kappa shape index (κ3) is 6.96. The zero-order valence-electron chi connectivity index (χ0n) is 18.7. The van der Waals surface area contributed by atoms with Gasteiger partial charge in [0.05, 0.1) is 12.7 Å². The van der Waals surface area contributed by atoms with E-state index < -0.39 is 0 Å². The minimum atomic E-state index is 0.312. The molecule has 1 saturated heterocycles. The number of rotatable bonds is 8. The van der Waals surface area contributed by atoms with E-state index in [2.05, 4.69) is 39.6 Å². The van der Waals surface area contributed by atoms with Crippen molar-refractivity contribution in [3.63, 3.8) is 0 Å². The van der Waals surface area contributed by atoms with Crippen LogP contribution in [0.3, 0.4) is 0 Å². The van der Waals surface area contributed by atoms with Crippen LogP contribution in [0.25, 0.3) is 0 Å². The van der Waals surface area contributed by atoms with E-state index >= 15 is 0 Å². The number of nitrogens with one attached hydrogen (secondary N) is 2. The van der Waals surface area contributed by atoms with Crippen molar-refractivity contribution in [2.24, 2.45) is 12.0 Å². The van der Waals surface area contributed by atoms with Gasteiger partial charge in [0.2, 0.25) is 0 Å². The summed E-state index contributed by atoms with van der Waals surface area (Å²) in [5, 5.41) is 15.8. The monoisotopic (exact) mass is 405 g/mol. The highest BCUT2D eigenvalue weighted by Crippen LogP contribution is 2.18. The van der Waals surface area contributed by atoms with Crippen molar-refractivity contribution in [3.8, 4) is 0 Å². The lowest BCUT2D eigenvalue weighted by atomic mass is 10.1. The van der Waals surface area contributed by atoms with Gasteiger partial charge in [-0.05, 0) is 46.5 Å². The Morgan fingerprint density at radius 3 is 2.34 bits per heavy atom. The fraction of sp³-hybridized carbons (Fsp3) is 0.857. The van der Waals surface area contributed by atoms with E-state index in [9.17, 15) is 0 Å². The van der Waals surface area contributed by atoms with E-state index in [1.54, 1.807) is 0 Å². The Morgan fingerprint density at radius 1 is 1.10 bits per heavy atom. The third-order valence-corrected chi connectivity index (χ3v) is 6.04. The van der Waals surface area contributed by atoms with Gasteiger partial charge >= 0.3 is 0 Å². The second-order valence-electron chi connectivity index (χ2n) is 8.69. The first-order valence-corrected chi connectivity index (χ1v) is 11.3. The van der Waals surface area contributed by atoms with Crippen molar-refractivity contribution >= 4 is 5.96 Å². The van der Waals surface area contributed by atoms with Crippen LogP contribution in [0, 0.1) is 6.92 Å². The molecule has 0 unspecified atom stereocenters. The fourth-order valence-electron chi connectivity index (χ4n) is 4.05. The lowest BCUT2D eigenvalue weighted by Crippen LogP contribution is -2.50. The number of hydrogen-bond donors (Lipinski definition) is 2. The molecule has 1 aliphatic carbocycles. The zero-order chi connectivity index (χ0) is 20.6.